The predicted octanol–water partition coefficient (Wildman–Crippen LogP) is 4.66. The number of imidazole rings is 1. The summed E-state index contributed by atoms with van der Waals surface area (Å²) in [5, 5.41) is 3.26. The number of aryl methyl sites for hydroxylation is 1. The predicted molar refractivity (Wildman–Crippen MR) is 145 cm³/mol. The molecule has 2 N–H and O–H groups in total. The highest BCUT2D eigenvalue weighted by atomic mass is 16.5. The Morgan fingerprint density at radius 1 is 1.03 bits per heavy atom. The molecule has 0 saturated carbocycles. The molecule has 8 heteroatoms. The van der Waals surface area contributed by atoms with Crippen LogP contribution >= 0.6 is 0 Å². The third kappa shape index (κ3) is 4.59. The smallest absolute Gasteiger partial charge is 0.355 e. The van der Waals surface area contributed by atoms with E-state index in [-0.39, 0.29) is 29.1 Å². The van der Waals surface area contributed by atoms with Crippen LogP contribution in [0.25, 0.3) is 28.0 Å². The fourth-order valence-corrected chi connectivity index (χ4v) is 4.49. The second-order valence-electron chi connectivity index (χ2n) is 8.72. The molecule has 0 saturated heterocycles. The number of nitrogens with one attached hydrogen (secondary N) is 2. The van der Waals surface area contributed by atoms with Gasteiger partial charge in [0.25, 0.3) is 5.91 Å². The number of aromatic nitrogens is 3. The van der Waals surface area contributed by atoms with E-state index in [1.807, 2.05) is 49.4 Å². The summed E-state index contributed by atoms with van der Waals surface area (Å²) in [6.45, 7) is 1.87. The standard InChI is InChI=1S/C30H26N4O4/c1-3-19-9-14-23-25(17-19)34(22-7-5-4-6-8-22)26(30(37)38-2)24(27(23)35)18-33-29(36)21-12-10-20(11-13-21)28-31-15-16-32-28/h4-17H,3,18H2,1-2H3,(H,31,32)(H,33,36). The number of aromatic amines is 1. The van der Waals surface area contributed by atoms with Gasteiger partial charge in [-0.15, -0.1) is 0 Å². The van der Waals surface area contributed by atoms with Crippen molar-refractivity contribution in [2.24, 2.45) is 0 Å². The maximum atomic E-state index is 13.7. The number of benzene rings is 3. The number of para-hydroxylation sites is 1. The zero-order valence-electron chi connectivity index (χ0n) is 21.0. The molecule has 5 rings (SSSR count). The van der Waals surface area contributed by atoms with Gasteiger partial charge in [0.15, 0.2) is 5.43 Å². The minimum absolute atomic E-state index is 0.0814. The fourth-order valence-electron chi connectivity index (χ4n) is 4.49. The first-order chi connectivity index (χ1) is 18.5. The third-order valence-electron chi connectivity index (χ3n) is 6.48. The zero-order chi connectivity index (χ0) is 26.6. The summed E-state index contributed by atoms with van der Waals surface area (Å²) < 4.78 is 6.86. The molecule has 0 aliphatic carbocycles. The maximum absolute atomic E-state index is 13.7. The summed E-state index contributed by atoms with van der Waals surface area (Å²) in [6, 6.07) is 21.9. The average molecular weight is 507 g/mol. The first-order valence-corrected chi connectivity index (χ1v) is 12.2. The van der Waals surface area contributed by atoms with Crippen LogP contribution in [-0.4, -0.2) is 33.5 Å². The van der Waals surface area contributed by atoms with Crippen molar-refractivity contribution >= 4 is 22.8 Å². The molecule has 0 radical (unpaired) electrons. The summed E-state index contributed by atoms with van der Waals surface area (Å²) >= 11 is 0. The van der Waals surface area contributed by atoms with Crippen molar-refractivity contribution in [1.82, 2.24) is 19.9 Å². The normalized spacial score (nSPS) is 10.9. The number of amides is 1. The van der Waals surface area contributed by atoms with Crippen LogP contribution in [0.15, 0.2) is 90.0 Å². The number of H-pyrrole nitrogens is 1. The largest absolute Gasteiger partial charge is 0.464 e. The number of esters is 1. The molecule has 0 bridgehead atoms. The van der Waals surface area contributed by atoms with Gasteiger partial charge in [0.1, 0.15) is 11.5 Å². The molecule has 0 unspecified atom stereocenters. The molecule has 2 heterocycles. The van der Waals surface area contributed by atoms with E-state index >= 15 is 0 Å². The Kier molecular flexibility index (Phi) is 6.86. The van der Waals surface area contributed by atoms with Crippen molar-refractivity contribution in [2.75, 3.05) is 7.11 Å². The monoisotopic (exact) mass is 506 g/mol. The van der Waals surface area contributed by atoms with Gasteiger partial charge in [-0.25, -0.2) is 9.78 Å². The SMILES string of the molecule is CCc1ccc2c(=O)c(CNC(=O)c3ccc(-c4ncc[nH]4)cc3)c(C(=O)OC)n(-c3ccccc3)c2c1. The summed E-state index contributed by atoms with van der Waals surface area (Å²) in [7, 11) is 1.28. The van der Waals surface area contributed by atoms with Crippen LogP contribution in [0.3, 0.4) is 0 Å². The summed E-state index contributed by atoms with van der Waals surface area (Å²) in [5.74, 6) is -0.343. The Hall–Kier alpha value is -4.98. The summed E-state index contributed by atoms with van der Waals surface area (Å²) in [4.78, 5) is 47.1. The minimum Gasteiger partial charge on any atom is -0.464 e. The lowest BCUT2D eigenvalue weighted by Gasteiger charge is -2.20. The Morgan fingerprint density at radius 3 is 2.45 bits per heavy atom. The maximum Gasteiger partial charge on any atom is 0.355 e. The van der Waals surface area contributed by atoms with Gasteiger partial charge in [0.2, 0.25) is 0 Å². The molecule has 0 atom stereocenters. The molecular weight excluding hydrogens is 480 g/mol. The molecule has 2 aromatic heterocycles. The van der Waals surface area contributed by atoms with Gasteiger partial charge in [0.05, 0.1) is 18.2 Å². The number of carbonyl (C=O) groups is 2. The van der Waals surface area contributed by atoms with E-state index in [2.05, 4.69) is 15.3 Å². The summed E-state index contributed by atoms with van der Waals surface area (Å²) in [5.41, 5.74) is 3.48. The number of ether oxygens (including phenoxy) is 1. The van der Waals surface area contributed by atoms with Crippen LogP contribution in [0.4, 0.5) is 0 Å². The van der Waals surface area contributed by atoms with E-state index in [0.29, 0.717) is 28.0 Å². The van der Waals surface area contributed by atoms with E-state index in [1.54, 1.807) is 47.3 Å². The van der Waals surface area contributed by atoms with Gasteiger partial charge in [0, 0.05) is 41.1 Å². The second kappa shape index (κ2) is 10.6. The number of rotatable bonds is 7. The Labute approximate surface area is 218 Å². The van der Waals surface area contributed by atoms with Crippen LogP contribution in [0.1, 0.15) is 38.9 Å². The van der Waals surface area contributed by atoms with Crippen molar-refractivity contribution in [3.05, 3.63) is 118 Å². The van der Waals surface area contributed by atoms with Crippen LogP contribution in [-0.2, 0) is 17.7 Å². The molecule has 1 amide bonds. The number of hydrogen-bond donors (Lipinski definition) is 2. The van der Waals surface area contributed by atoms with Crippen molar-refractivity contribution in [1.29, 1.82) is 0 Å². The molecule has 5 aromatic rings. The number of nitrogens with zero attached hydrogens (tertiary/aromatic N) is 2. The number of carbonyl (C=O) groups excluding carboxylic acids is 2. The minimum atomic E-state index is -0.665. The highest BCUT2D eigenvalue weighted by Crippen LogP contribution is 2.24. The Balaban J connectivity index is 1.58. The van der Waals surface area contributed by atoms with E-state index in [4.69, 9.17) is 4.74 Å². The molecular formula is C30H26N4O4. The number of methoxy groups -OCH3 is 1. The first kappa shape index (κ1) is 24.7. The molecule has 190 valence electrons. The number of fused-ring (bicyclic) bond motifs is 1. The van der Waals surface area contributed by atoms with Crippen molar-refractivity contribution in [2.45, 2.75) is 19.9 Å². The van der Waals surface area contributed by atoms with Crippen LogP contribution in [0.5, 0.6) is 0 Å². The van der Waals surface area contributed by atoms with Crippen molar-refractivity contribution in [3.63, 3.8) is 0 Å². The molecule has 3 aromatic carbocycles. The highest BCUT2D eigenvalue weighted by molar-refractivity contribution is 5.97. The quantitative estimate of drug-likeness (QED) is 0.312. The van der Waals surface area contributed by atoms with Crippen molar-refractivity contribution in [3.8, 4) is 17.1 Å². The molecule has 38 heavy (non-hydrogen) atoms. The molecule has 0 fully saturated rings. The molecule has 0 spiro atoms. The highest BCUT2D eigenvalue weighted by Gasteiger charge is 2.25. The van der Waals surface area contributed by atoms with Gasteiger partial charge in [-0.2, -0.15) is 0 Å². The number of pyridine rings is 1. The van der Waals surface area contributed by atoms with Gasteiger partial charge >= 0.3 is 5.97 Å². The molecule has 8 nitrogen and oxygen atoms in total. The topological polar surface area (TPSA) is 106 Å². The Bertz CT molecular complexity index is 1670. The summed E-state index contributed by atoms with van der Waals surface area (Å²) in [6.07, 6.45) is 4.15. The lowest BCUT2D eigenvalue weighted by atomic mass is 10.0. The van der Waals surface area contributed by atoms with E-state index in [9.17, 15) is 14.4 Å². The van der Waals surface area contributed by atoms with Crippen LogP contribution in [0, 0.1) is 0 Å². The average Bonchev–Trinajstić information content (AvgIpc) is 3.51. The lowest BCUT2D eigenvalue weighted by Crippen LogP contribution is -2.31. The van der Waals surface area contributed by atoms with Gasteiger partial charge in [-0.3, -0.25) is 9.59 Å². The van der Waals surface area contributed by atoms with E-state index in [1.165, 1.54) is 7.11 Å². The fraction of sp³-hybridized carbons (Fsp3) is 0.133. The molecule has 0 aliphatic heterocycles. The number of hydrogen-bond acceptors (Lipinski definition) is 5. The van der Waals surface area contributed by atoms with Gasteiger partial charge in [-0.1, -0.05) is 43.3 Å². The Morgan fingerprint density at radius 2 is 1.79 bits per heavy atom. The zero-order valence-corrected chi connectivity index (χ0v) is 21.0. The van der Waals surface area contributed by atoms with E-state index < -0.39 is 5.97 Å². The molecule has 0 aliphatic rings. The lowest BCUT2D eigenvalue weighted by molar-refractivity contribution is 0.0589. The van der Waals surface area contributed by atoms with Crippen molar-refractivity contribution < 1.29 is 14.3 Å². The van der Waals surface area contributed by atoms with Gasteiger partial charge in [-0.05, 0) is 48.4 Å². The van der Waals surface area contributed by atoms with Gasteiger partial charge < -0.3 is 19.6 Å². The second-order valence-corrected chi connectivity index (χ2v) is 8.72. The van der Waals surface area contributed by atoms with E-state index in [0.717, 1.165) is 17.5 Å². The third-order valence-corrected chi connectivity index (χ3v) is 6.48. The first-order valence-electron chi connectivity index (χ1n) is 12.2. The van der Waals surface area contributed by atoms with Crippen LogP contribution < -0.4 is 10.7 Å². The van der Waals surface area contributed by atoms with Crippen LogP contribution in [0.2, 0.25) is 0 Å².